The Morgan fingerprint density at radius 1 is 0.353 bits per heavy atom. The summed E-state index contributed by atoms with van der Waals surface area (Å²) in [6.07, 6.45) is 75.1. The number of nitrogens with one attached hydrogen (secondary N) is 1. The number of aliphatic hydroxyl groups is 3. The third-order valence-electron chi connectivity index (χ3n) is 14.8. The van der Waals surface area contributed by atoms with Crippen LogP contribution in [0.1, 0.15) is 348 Å². The van der Waals surface area contributed by atoms with Crippen LogP contribution in [-0.2, 0) is 4.79 Å². The lowest BCUT2D eigenvalue weighted by Gasteiger charge is -2.26. The van der Waals surface area contributed by atoms with E-state index in [4.69, 9.17) is 0 Å². The van der Waals surface area contributed by atoms with Crippen molar-refractivity contribution in [3.63, 3.8) is 0 Å². The van der Waals surface area contributed by atoms with E-state index in [2.05, 4.69) is 43.5 Å². The van der Waals surface area contributed by atoms with Crippen LogP contribution in [0, 0.1) is 0 Å². The fraction of sp³-hybridized carbons (Fsp3) is 0.921. The molecule has 0 aromatic rings. The first-order valence-corrected chi connectivity index (χ1v) is 31.1. The molecule has 5 heteroatoms. The number of carbonyl (C=O) groups is 1. The van der Waals surface area contributed by atoms with Crippen molar-refractivity contribution in [2.24, 2.45) is 0 Å². The van der Waals surface area contributed by atoms with Crippen LogP contribution in [0.2, 0.25) is 0 Å². The Bertz CT molecular complexity index is 1010. The molecule has 0 aliphatic heterocycles. The predicted octanol–water partition coefficient (Wildman–Crippen LogP) is 19.6. The maximum absolute atomic E-state index is 12.5. The molecule has 5 nitrogen and oxygen atoms in total. The van der Waals surface area contributed by atoms with Gasteiger partial charge in [0.1, 0.15) is 6.10 Å². The molecular weight excluding hydrogens is 835 g/mol. The van der Waals surface area contributed by atoms with Crippen molar-refractivity contribution in [2.75, 3.05) is 6.61 Å². The highest BCUT2D eigenvalue weighted by Crippen LogP contribution is 2.18. The summed E-state index contributed by atoms with van der Waals surface area (Å²) < 4.78 is 0. The Kier molecular flexibility index (Phi) is 57.4. The summed E-state index contributed by atoms with van der Waals surface area (Å²) in [4.78, 5) is 12.5. The number of carbonyl (C=O) groups excluding carboxylic acids is 1. The normalized spacial score (nSPS) is 13.3. The number of allylic oxidation sites excluding steroid dienone is 4. The van der Waals surface area contributed by atoms with Gasteiger partial charge in [0.15, 0.2) is 0 Å². The second-order valence-corrected chi connectivity index (χ2v) is 21.6. The monoisotopic (exact) mass is 958 g/mol. The van der Waals surface area contributed by atoms with Crippen molar-refractivity contribution in [3.05, 3.63) is 24.3 Å². The van der Waals surface area contributed by atoms with Crippen molar-refractivity contribution in [2.45, 2.75) is 366 Å². The van der Waals surface area contributed by atoms with Gasteiger partial charge in [-0.1, -0.05) is 314 Å². The third-order valence-corrected chi connectivity index (χ3v) is 14.8. The molecule has 0 bridgehead atoms. The summed E-state index contributed by atoms with van der Waals surface area (Å²) in [5.41, 5.74) is 0. The molecule has 4 N–H and O–H groups in total. The molecule has 3 atom stereocenters. The van der Waals surface area contributed by atoms with Crippen LogP contribution in [0.15, 0.2) is 24.3 Å². The van der Waals surface area contributed by atoms with Crippen LogP contribution in [0.5, 0.6) is 0 Å². The highest BCUT2D eigenvalue weighted by atomic mass is 16.3. The smallest absolute Gasteiger partial charge is 0.220 e. The third kappa shape index (κ3) is 52.6. The van der Waals surface area contributed by atoms with E-state index in [0.717, 1.165) is 44.9 Å². The molecule has 0 aromatic carbocycles. The molecule has 0 rings (SSSR count). The summed E-state index contributed by atoms with van der Waals surface area (Å²) in [6, 6.07) is -0.831. The van der Waals surface area contributed by atoms with Crippen molar-refractivity contribution in [1.29, 1.82) is 0 Å². The summed E-state index contributed by atoms with van der Waals surface area (Å²) in [7, 11) is 0. The lowest BCUT2D eigenvalue weighted by Crippen LogP contribution is -2.50. The Labute approximate surface area is 426 Å². The summed E-state index contributed by atoms with van der Waals surface area (Å²) in [5, 5.41) is 33.8. The van der Waals surface area contributed by atoms with E-state index < -0.39 is 18.2 Å². The Morgan fingerprint density at radius 2 is 0.603 bits per heavy atom. The quantitative estimate of drug-likeness (QED) is 0.0361. The van der Waals surface area contributed by atoms with Crippen molar-refractivity contribution >= 4 is 5.91 Å². The van der Waals surface area contributed by atoms with Crippen LogP contribution in [-0.4, -0.2) is 46.1 Å². The molecule has 0 heterocycles. The molecule has 404 valence electrons. The molecule has 0 aliphatic rings. The Morgan fingerprint density at radius 3 is 0.897 bits per heavy atom. The van der Waals surface area contributed by atoms with Gasteiger partial charge >= 0.3 is 0 Å². The van der Waals surface area contributed by atoms with Gasteiger partial charge < -0.3 is 20.6 Å². The van der Waals surface area contributed by atoms with E-state index >= 15 is 0 Å². The highest BCUT2D eigenvalue weighted by Gasteiger charge is 2.26. The number of amides is 1. The predicted molar refractivity (Wildman–Crippen MR) is 301 cm³/mol. The standard InChI is InChI=1S/C63H123NO4/c1-3-5-7-9-11-13-15-17-19-21-23-25-27-28-29-30-31-32-33-34-35-36-38-40-42-44-46-48-50-52-54-56-58-62(67)64-60(59-65)63(68)61(66)57-55-53-51-49-47-45-43-41-39-37-26-24-22-20-18-16-14-12-10-8-6-4-2/h41,43,49,51,60-61,63,65-66,68H,3-40,42,44-48,50,52-59H2,1-2H3,(H,64,67)/b43-41+,51-49+. The number of aliphatic hydroxyl groups excluding tert-OH is 3. The van der Waals surface area contributed by atoms with Crippen LogP contribution in [0.4, 0.5) is 0 Å². The summed E-state index contributed by atoms with van der Waals surface area (Å²) >= 11 is 0. The summed E-state index contributed by atoms with van der Waals surface area (Å²) in [5.74, 6) is -0.151. The number of hydrogen-bond donors (Lipinski definition) is 4. The number of unbranched alkanes of at least 4 members (excludes halogenated alkanes) is 46. The average Bonchev–Trinajstić information content (AvgIpc) is 3.34. The minimum Gasteiger partial charge on any atom is -0.394 e. The van der Waals surface area contributed by atoms with E-state index in [1.165, 1.54) is 276 Å². The van der Waals surface area contributed by atoms with Gasteiger partial charge in [-0.15, -0.1) is 0 Å². The fourth-order valence-electron chi connectivity index (χ4n) is 10.0. The zero-order valence-electron chi connectivity index (χ0n) is 46.3. The molecule has 68 heavy (non-hydrogen) atoms. The van der Waals surface area contributed by atoms with Crippen LogP contribution in [0.3, 0.4) is 0 Å². The van der Waals surface area contributed by atoms with E-state index in [-0.39, 0.29) is 12.5 Å². The van der Waals surface area contributed by atoms with Gasteiger partial charge in [0, 0.05) is 6.42 Å². The number of hydrogen-bond acceptors (Lipinski definition) is 4. The zero-order valence-corrected chi connectivity index (χ0v) is 46.3. The van der Waals surface area contributed by atoms with Crippen molar-refractivity contribution in [3.8, 4) is 0 Å². The minimum absolute atomic E-state index is 0.151. The van der Waals surface area contributed by atoms with Gasteiger partial charge in [0.2, 0.25) is 5.91 Å². The zero-order chi connectivity index (χ0) is 49.3. The van der Waals surface area contributed by atoms with Gasteiger partial charge in [0.25, 0.3) is 0 Å². The maximum Gasteiger partial charge on any atom is 0.220 e. The highest BCUT2D eigenvalue weighted by molar-refractivity contribution is 5.76. The van der Waals surface area contributed by atoms with Crippen LogP contribution >= 0.6 is 0 Å². The first kappa shape index (κ1) is 66.8. The van der Waals surface area contributed by atoms with Gasteiger partial charge in [-0.3, -0.25) is 4.79 Å². The molecule has 0 saturated heterocycles. The second kappa shape index (κ2) is 58.4. The van der Waals surface area contributed by atoms with Gasteiger partial charge in [-0.2, -0.15) is 0 Å². The minimum atomic E-state index is -1.17. The SMILES string of the molecule is CCCCCCCCCCCCCCC/C=C/CC/C=C/CCCC(O)C(O)C(CO)NC(=O)CCCCCCCCCCCCCCCCCCCCCCCCCCCCCCCCCC. The molecule has 0 fully saturated rings. The van der Waals surface area contributed by atoms with E-state index in [9.17, 15) is 20.1 Å². The molecule has 3 unspecified atom stereocenters. The van der Waals surface area contributed by atoms with Gasteiger partial charge in [-0.05, 0) is 51.4 Å². The second-order valence-electron chi connectivity index (χ2n) is 21.6. The first-order valence-electron chi connectivity index (χ1n) is 31.1. The molecule has 0 saturated carbocycles. The van der Waals surface area contributed by atoms with Crippen molar-refractivity contribution < 1.29 is 20.1 Å². The topological polar surface area (TPSA) is 89.8 Å². The van der Waals surface area contributed by atoms with Gasteiger partial charge in [-0.25, -0.2) is 0 Å². The largest absolute Gasteiger partial charge is 0.394 e. The average molecular weight is 959 g/mol. The maximum atomic E-state index is 12.5. The Hall–Kier alpha value is -1.17. The lowest BCUT2D eigenvalue weighted by molar-refractivity contribution is -0.124. The Balaban J connectivity index is 3.51. The molecule has 0 radical (unpaired) electrons. The van der Waals surface area contributed by atoms with Crippen LogP contribution < -0.4 is 5.32 Å². The van der Waals surface area contributed by atoms with Gasteiger partial charge in [0.05, 0.1) is 18.8 Å². The van der Waals surface area contributed by atoms with E-state index in [0.29, 0.717) is 12.8 Å². The molecule has 1 amide bonds. The first-order chi connectivity index (χ1) is 33.6. The molecule has 0 spiro atoms. The number of rotatable bonds is 58. The van der Waals surface area contributed by atoms with Crippen molar-refractivity contribution in [1.82, 2.24) is 5.32 Å². The molecule has 0 aromatic heterocycles. The van der Waals surface area contributed by atoms with E-state index in [1.54, 1.807) is 0 Å². The summed E-state index contributed by atoms with van der Waals surface area (Å²) in [6.45, 7) is 4.21. The molecular formula is C63H123NO4. The molecule has 0 aliphatic carbocycles. The van der Waals surface area contributed by atoms with Crippen LogP contribution in [0.25, 0.3) is 0 Å². The van der Waals surface area contributed by atoms with E-state index in [1.807, 2.05) is 0 Å². The lowest BCUT2D eigenvalue weighted by atomic mass is 10.0. The fourth-order valence-corrected chi connectivity index (χ4v) is 10.0.